The molecule has 0 saturated carbocycles. The summed E-state index contributed by atoms with van der Waals surface area (Å²) in [7, 11) is 0. The van der Waals surface area contributed by atoms with Crippen LogP contribution in [0.2, 0.25) is 0 Å². The third-order valence-electron chi connectivity index (χ3n) is 1.71. The number of hydrogen-bond acceptors (Lipinski definition) is 1. The highest BCUT2D eigenvalue weighted by Gasteiger charge is 1.99. The lowest BCUT2D eigenvalue weighted by Crippen LogP contribution is -1.69. The van der Waals surface area contributed by atoms with Gasteiger partial charge in [-0.25, -0.2) is 0 Å². The number of H-pyrrole nitrogens is 1. The number of nitrogens with one attached hydrogen (secondary N) is 1. The maximum absolute atomic E-state index is 4.11. The smallest absolute Gasteiger partial charge is 0.0924 e. The average Bonchev–Trinajstić information content (AvgIpc) is 2.52. The molecule has 0 aliphatic heterocycles. The molecule has 2 nitrogen and oxygen atoms in total. The summed E-state index contributed by atoms with van der Waals surface area (Å²) < 4.78 is 1.09. The lowest BCUT2D eigenvalue weighted by molar-refractivity contribution is 1.07. The zero-order valence-electron chi connectivity index (χ0n) is 8.06. The van der Waals surface area contributed by atoms with E-state index in [0.29, 0.717) is 0 Å². The van der Waals surface area contributed by atoms with Gasteiger partial charge in [0.25, 0.3) is 0 Å². The van der Waals surface area contributed by atoms with E-state index in [1.165, 1.54) is 5.39 Å². The van der Waals surface area contributed by atoms with Crippen molar-refractivity contribution in [3.8, 4) is 0 Å². The molecule has 1 N–H and O–H groups in total. The summed E-state index contributed by atoms with van der Waals surface area (Å²) >= 11 is 3.41. The molecule has 0 bridgehead atoms. The third-order valence-corrected chi connectivity index (χ3v) is 2.20. The lowest BCUT2D eigenvalue weighted by atomic mass is 10.2. The first kappa shape index (κ1) is 10.3. The fourth-order valence-electron chi connectivity index (χ4n) is 1.11. The van der Waals surface area contributed by atoms with Gasteiger partial charge in [0.05, 0.1) is 5.52 Å². The van der Waals surface area contributed by atoms with Gasteiger partial charge in [-0.05, 0) is 25.1 Å². The number of aryl methyl sites for hydroxylation is 1. The second kappa shape index (κ2) is 4.42. The van der Waals surface area contributed by atoms with Gasteiger partial charge in [0, 0.05) is 15.6 Å². The van der Waals surface area contributed by atoms with Gasteiger partial charge in [-0.1, -0.05) is 29.8 Å². The monoisotopic (exact) mass is 240 g/mol. The molecular formula is C10H13BrN2. The molecule has 0 radical (unpaired) electrons. The molecule has 0 spiro atoms. The Kier molecular flexibility index (Phi) is 3.48. The molecule has 0 unspecified atom stereocenters. The molecule has 0 atom stereocenters. The minimum atomic E-state index is 1.02. The van der Waals surface area contributed by atoms with Gasteiger partial charge in [0.15, 0.2) is 0 Å². The Balaban J connectivity index is 0.000000396. The number of fused-ring (bicyclic) bond motifs is 1. The first-order chi connectivity index (χ1) is 6.27. The van der Waals surface area contributed by atoms with E-state index in [1.54, 1.807) is 0 Å². The minimum absolute atomic E-state index is 1.02. The highest BCUT2D eigenvalue weighted by molar-refractivity contribution is 9.10. The summed E-state index contributed by atoms with van der Waals surface area (Å²) in [4.78, 5) is 0. The Morgan fingerprint density at radius 2 is 2.00 bits per heavy atom. The molecule has 2 aromatic rings. The Morgan fingerprint density at radius 3 is 2.69 bits per heavy atom. The molecule has 0 fully saturated rings. The normalized spacial score (nSPS) is 9.54. The SMILES string of the molecule is CC.Cc1[nH]nc2ccc(Br)cc12. The van der Waals surface area contributed by atoms with E-state index in [9.17, 15) is 0 Å². The molecule has 3 heteroatoms. The zero-order chi connectivity index (χ0) is 9.84. The van der Waals surface area contributed by atoms with Crippen LogP contribution < -0.4 is 0 Å². The van der Waals surface area contributed by atoms with Crippen molar-refractivity contribution in [2.24, 2.45) is 0 Å². The molecular weight excluding hydrogens is 228 g/mol. The van der Waals surface area contributed by atoms with Crippen LogP contribution in [0.15, 0.2) is 22.7 Å². The number of hydrogen-bond donors (Lipinski definition) is 1. The van der Waals surface area contributed by atoms with Gasteiger partial charge >= 0.3 is 0 Å². The van der Waals surface area contributed by atoms with Gasteiger partial charge in [-0.2, -0.15) is 5.10 Å². The summed E-state index contributed by atoms with van der Waals surface area (Å²) in [5.41, 5.74) is 2.13. The molecule has 0 amide bonds. The Morgan fingerprint density at radius 1 is 1.31 bits per heavy atom. The van der Waals surface area contributed by atoms with Crippen molar-refractivity contribution in [1.82, 2.24) is 10.2 Å². The van der Waals surface area contributed by atoms with Crippen molar-refractivity contribution < 1.29 is 0 Å². The van der Waals surface area contributed by atoms with Crippen molar-refractivity contribution in [3.05, 3.63) is 28.4 Å². The highest BCUT2D eigenvalue weighted by Crippen LogP contribution is 2.19. The minimum Gasteiger partial charge on any atom is -0.282 e. The first-order valence-corrected chi connectivity index (χ1v) is 5.17. The number of aromatic nitrogens is 2. The van der Waals surface area contributed by atoms with Crippen LogP contribution >= 0.6 is 15.9 Å². The average molecular weight is 241 g/mol. The molecule has 1 aromatic carbocycles. The van der Waals surface area contributed by atoms with E-state index in [2.05, 4.69) is 32.2 Å². The number of aromatic amines is 1. The molecule has 0 aliphatic rings. The zero-order valence-corrected chi connectivity index (χ0v) is 9.64. The van der Waals surface area contributed by atoms with Gasteiger partial charge in [-0.15, -0.1) is 0 Å². The standard InChI is InChI=1S/C8H7BrN2.C2H6/c1-5-7-4-6(9)2-3-8(7)11-10-5;1-2/h2-4H,1H3,(H,10,11);1-2H3. The second-order valence-corrected chi connectivity index (χ2v) is 3.43. The van der Waals surface area contributed by atoms with Crippen molar-refractivity contribution in [2.75, 3.05) is 0 Å². The van der Waals surface area contributed by atoms with Crippen LogP contribution in [-0.4, -0.2) is 10.2 Å². The number of nitrogens with zero attached hydrogens (tertiary/aromatic N) is 1. The Labute approximate surface area is 86.5 Å². The van der Waals surface area contributed by atoms with Crippen LogP contribution in [-0.2, 0) is 0 Å². The molecule has 1 aromatic heterocycles. The van der Waals surface area contributed by atoms with E-state index in [-0.39, 0.29) is 0 Å². The summed E-state index contributed by atoms with van der Waals surface area (Å²) in [5.74, 6) is 0. The van der Waals surface area contributed by atoms with E-state index in [4.69, 9.17) is 0 Å². The third kappa shape index (κ3) is 2.10. The van der Waals surface area contributed by atoms with Crippen LogP contribution in [0.5, 0.6) is 0 Å². The molecule has 0 saturated heterocycles. The van der Waals surface area contributed by atoms with Crippen molar-refractivity contribution in [1.29, 1.82) is 0 Å². The fourth-order valence-corrected chi connectivity index (χ4v) is 1.47. The highest BCUT2D eigenvalue weighted by atomic mass is 79.9. The quantitative estimate of drug-likeness (QED) is 0.749. The number of rotatable bonds is 0. The summed E-state index contributed by atoms with van der Waals surface area (Å²) in [6, 6.07) is 6.04. The van der Waals surface area contributed by atoms with E-state index >= 15 is 0 Å². The predicted molar refractivity (Wildman–Crippen MR) is 59.9 cm³/mol. The molecule has 70 valence electrons. The second-order valence-electron chi connectivity index (χ2n) is 2.51. The van der Waals surface area contributed by atoms with E-state index in [0.717, 1.165) is 15.7 Å². The van der Waals surface area contributed by atoms with Crippen molar-refractivity contribution in [2.45, 2.75) is 20.8 Å². The maximum atomic E-state index is 4.11. The molecule has 2 rings (SSSR count). The summed E-state index contributed by atoms with van der Waals surface area (Å²) in [5, 5.41) is 8.23. The number of halogens is 1. The van der Waals surface area contributed by atoms with Crippen molar-refractivity contribution in [3.63, 3.8) is 0 Å². The lowest BCUT2D eigenvalue weighted by Gasteiger charge is -1.89. The van der Waals surface area contributed by atoms with E-state index < -0.39 is 0 Å². The van der Waals surface area contributed by atoms with Crippen LogP contribution in [0.4, 0.5) is 0 Å². The predicted octanol–water partition coefficient (Wildman–Crippen LogP) is 3.66. The van der Waals surface area contributed by atoms with Gasteiger partial charge in [0.2, 0.25) is 0 Å². The van der Waals surface area contributed by atoms with Gasteiger partial charge in [0.1, 0.15) is 0 Å². The maximum Gasteiger partial charge on any atom is 0.0924 e. The van der Waals surface area contributed by atoms with Gasteiger partial charge in [-0.3, -0.25) is 5.10 Å². The fraction of sp³-hybridized carbons (Fsp3) is 0.300. The van der Waals surface area contributed by atoms with Crippen LogP contribution in [0.25, 0.3) is 10.9 Å². The number of benzene rings is 1. The molecule has 13 heavy (non-hydrogen) atoms. The first-order valence-electron chi connectivity index (χ1n) is 4.37. The van der Waals surface area contributed by atoms with Crippen LogP contribution in [0.1, 0.15) is 19.5 Å². The van der Waals surface area contributed by atoms with Gasteiger partial charge < -0.3 is 0 Å². The summed E-state index contributed by atoms with van der Waals surface area (Å²) in [6.07, 6.45) is 0. The summed E-state index contributed by atoms with van der Waals surface area (Å²) in [6.45, 7) is 6.02. The molecule has 1 heterocycles. The Bertz CT molecular complexity index is 393. The van der Waals surface area contributed by atoms with Crippen LogP contribution in [0.3, 0.4) is 0 Å². The Hall–Kier alpha value is -0.830. The van der Waals surface area contributed by atoms with Crippen molar-refractivity contribution >= 4 is 26.8 Å². The largest absolute Gasteiger partial charge is 0.282 e. The topological polar surface area (TPSA) is 28.7 Å². The van der Waals surface area contributed by atoms with E-state index in [1.807, 2.05) is 32.9 Å². The molecule has 0 aliphatic carbocycles. The van der Waals surface area contributed by atoms with Crippen LogP contribution in [0, 0.1) is 6.92 Å².